The van der Waals surface area contributed by atoms with Crippen LogP contribution < -0.4 is 10.1 Å². The van der Waals surface area contributed by atoms with E-state index in [1.165, 1.54) is 35.4 Å². The summed E-state index contributed by atoms with van der Waals surface area (Å²) in [5.41, 5.74) is 2.79. The zero-order valence-electron chi connectivity index (χ0n) is 24.9. The van der Waals surface area contributed by atoms with Crippen molar-refractivity contribution in [3.63, 3.8) is 0 Å². The minimum Gasteiger partial charge on any atom is -0.494 e. The minimum atomic E-state index is -0.978. The Bertz CT molecular complexity index is 1850. The normalized spacial score (nSPS) is 12.9. The van der Waals surface area contributed by atoms with Gasteiger partial charge in [0, 0.05) is 25.8 Å². The van der Waals surface area contributed by atoms with Crippen LogP contribution in [0.25, 0.3) is 22.3 Å². The van der Waals surface area contributed by atoms with Crippen molar-refractivity contribution in [3.05, 3.63) is 71.6 Å². The molecule has 236 valence electrons. The molecule has 1 fully saturated rings. The van der Waals surface area contributed by atoms with Crippen LogP contribution in [0.3, 0.4) is 0 Å². The number of ketones is 1. The Morgan fingerprint density at radius 3 is 2.57 bits per heavy atom. The average molecular weight is 627 g/mol. The third-order valence-corrected chi connectivity index (χ3v) is 7.40. The number of benzene rings is 1. The highest BCUT2D eigenvalue weighted by molar-refractivity contribution is 6.45. The molecule has 3 aromatic heterocycles. The van der Waals surface area contributed by atoms with Gasteiger partial charge in [-0.05, 0) is 24.0 Å². The van der Waals surface area contributed by atoms with Crippen LogP contribution in [0.1, 0.15) is 45.8 Å². The van der Waals surface area contributed by atoms with Gasteiger partial charge in [0.05, 0.1) is 61.0 Å². The van der Waals surface area contributed by atoms with E-state index in [0.29, 0.717) is 42.4 Å². The fourth-order valence-electron chi connectivity index (χ4n) is 5.10. The van der Waals surface area contributed by atoms with E-state index in [-0.39, 0.29) is 49.1 Å². The Morgan fingerprint density at radius 2 is 1.87 bits per heavy atom. The molecule has 1 saturated heterocycles. The fourth-order valence-corrected chi connectivity index (χ4v) is 5.10. The number of methoxy groups -OCH3 is 1. The summed E-state index contributed by atoms with van der Waals surface area (Å²) in [6.45, 7) is 0.847. The van der Waals surface area contributed by atoms with Gasteiger partial charge in [-0.25, -0.2) is 9.97 Å². The van der Waals surface area contributed by atoms with Crippen molar-refractivity contribution in [3.8, 4) is 17.6 Å². The molecule has 1 aliphatic rings. The molecule has 46 heavy (non-hydrogen) atoms. The summed E-state index contributed by atoms with van der Waals surface area (Å²) in [6, 6.07) is 11.7. The number of nitrogens with zero attached hydrogens (tertiary/aromatic N) is 6. The lowest BCUT2D eigenvalue weighted by atomic mass is 9.93. The Labute approximate surface area is 262 Å². The number of hydrogen-bond donors (Lipinski definition) is 3. The first-order chi connectivity index (χ1) is 22.3. The first-order valence-corrected chi connectivity index (χ1v) is 14.4. The number of aromatic amines is 1. The molecule has 0 bridgehead atoms. The van der Waals surface area contributed by atoms with Gasteiger partial charge in [0.2, 0.25) is 5.82 Å². The molecule has 0 saturated carbocycles. The number of carbonyl (C=O) groups is 4. The van der Waals surface area contributed by atoms with E-state index < -0.39 is 23.6 Å². The average Bonchev–Trinajstić information content (AvgIpc) is 3.75. The second-order valence-corrected chi connectivity index (χ2v) is 10.2. The SMILES string of the molecule is COc1cnc(-n2cnc(C(=O)NCCOCCC(=O)O)n2)c2[nH]cc(C(=O)C(=O)N3CCC(=C(C#N)c4ccccc4)CC3)c12. The number of aromatic nitrogens is 5. The molecule has 2 amide bonds. The maximum Gasteiger partial charge on any atom is 0.305 e. The number of Topliss-reactive ketones (excluding diaryl/α,β-unsaturated/α-hetero) is 1. The number of H-pyrrole nitrogens is 1. The molecule has 0 atom stereocenters. The van der Waals surface area contributed by atoms with E-state index in [1.54, 1.807) is 0 Å². The summed E-state index contributed by atoms with van der Waals surface area (Å²) in [5, 5.41) is 25.5. The topological polar surface area (TPSA) is 205 Å². The lowest BCUT2D eigenvalue weighted by Crippen LogP contribution is -2.40. The molecule has 15 nitrogen and oxygen atoms in total. The second kappa shape index (κ2) is 14.3. The van der Waals surface area contributed by atoms with Crippen LogP contribution in [0, 0.1) is 11.3 Å². The van der Waals surface area contributed by atoms with Crippen molar-refractivity contribution in [1.29, 1.82) is 5.26 Å². The molecule has 4 heterocycles. The maximum absolute atomic E-state index is 13.5. The highest BCUT2D eigenvalue weighted by Gasteiger charge is 2.30. The predicted molar refractivity (Wildman–Crippen MR) is 162 cm³/mol. The smallest absolute Gasteiger partial charge is 0.305 e. The van der Waals surface area contributed by atoms with Crippen LogP contribution in [0.4, 0.5) is 0 Å². The molecule has 1 aromatic carbocycles. The molecule has 3 N–H and O–H groups in total. The zero-order valence-corrected chi connectivity index (χ0v) is 24.9. The summed E-state index contributed by atoms with van der Waals surface area (Å²) in [6.07, 6.45) is 4.88. The van der Waals surface area contributed by atoms with Gasteiger partial charge in [-0.2, -0.15) is 9.94 Å². The van der Waals surface area contributed by atoms with E-state index in [0.717, 1.165) is 11.1 Å². The minimum absolute atomic E-state index is 0.0255. The van der Waals surface area contributed by atoms with Crippen LogP contribution >= 0.6 is 0 Å². The van der Waals surface area contributed by atoms with E-state index in [1.807, 2.05) is 30.3 Å². The van der Waals surface area contributed by atoms with Gasteiger partial charge in [-0.15, -0.1) is 5.10 Å². The highest BCUT2D eigenvalue weighted by atomic mass is 16.5. The predicted octanol–water partition coefficient (Wildman–Crippen LogP) is 2.16. The molecule has 5 rings (SSSR count). The number of ether oxygens (including phenoxy) is 2. The van der Waals surface area contributed by atoms with Gasteiger partial charge in [0.25, 0.3) is 17.6 Å². The quantitative estimate of drug-likeness (QED) is 0.0899. The monoisotopic (exact) mass is 626 g/mol. The van der Waals surface area contributed by atoms with Crippen LogP contribution in [0.5, 0.6) is 5.75 Å². The molecule has 4 aromatic rings. The van der Waals surface area contributed by atoms with Gasteiger partial charge in [0.15, 0.2) is 5.82 Å². The number of fused-ring (bicyclic) bond motifs is 1. The number of rotatable bonds is 12. The first kappa shape index (κ1) is 31.5. The second-order valence-electron chi connectivity index (χ2n) is 10.2. The number of likely N-dealkylation sites (tertiary alicyclic amines) is 1. The maximum atomic E-state index is 13.5. The number of amides is 2. The molecule has 1 aliphatic heterocycles. The standard InChI is InChI=1S/C31H30N8O7/c1-45-23-17-35-29(39-18-36-28(37-39)30(43)33-10-14-46-13-9-24(40)41)26-25(23)22(16-34-26)27(42)31(44)38-11-7-20(8-12-38)21(15-32)19-5-3-2-4-6-19/h2-6,16-18,34H,7-14H2,1H3,(H,33,43)(H,40,41). The van der Waals surface area contributed by atoms with E-state index in [4.69, 9.17) is 14.6 Å². The van der Waals surface area contributed by atoms with Crippen molar-refractivity contribution in [1.82, 2.24) is 34.9 Å². The third kappa shape index (κ3) is 6.76. The molecular formula is C31H30N8O7. The number of nitrogens with one attached hydrogen (secondary N) is 2. The summed E-state index contributed by atoms with van der Waals surface area (Å²) in [7, 11) is 1.42. The number of carboxylic acids is 1. The first-order valence-electron chi connectivity index (χ1n) is 14.4. The number of pyridine rings is 1. The van der Waals surface area contributed by atoms with Gasteiger partial charge in [-0.3, -0.25) is 19.2 Å². The molecule has 0 radical (unpaired) electrons. The molecule has 0 spiro atoms. The number of piperidine rings is 1. The summed E-state index contributed by atoms with van der Waals surface area (Å²) >= 11 is 0. The number of aliphatic carboxylic acids is 1. The fraction of sp³-hybridized carbons (Fsp3) is 0.290. The van der Waals surface area contributed by atoms with E-state index in [9.17, 15) is 24.4 Å². The molecule has 0 aliphatic carbocycles. The van der Waals surface area contributed by atoms with Crippen LogP contribution in [-0.2, 0) is 14.3 Å². The lowest BCUT2D eigenvalue weighted by Gasteiger charge is -2.28. The van der Waals surface area contributed by atoms with Crippen LogP contribution in [-0.4, -0.2) is 98.3 Å². The Kier molecular flexibility index (Phi) is 9.78. The van der Waals surface area contributed by atoms with E-state index in [2.05, 4.69) is 31.4 Å². The largest absolute Gasteiger partial charge is 0.494 e. The lowest BCUT2D eigenvalue weighted by molar-refractivity contribution is -0.138. The Hall–Kier alpha value is -5.88. The van der Waals surface area contributed by atoms with Crippen molar-refractivity contribution in [2.75, 3.05) is 40.0 Å². The number of carbonyl (C=O) groups excluding carboxylic acids is 3. The van der Waals surface area contributed by atoms with Gasteiger partial charge in [0.1, 0.15) is 12.1 Å². The summed E-state index contributed by atoms with van der Waals surface area (Å²) in [5.74, 6) is -2.66. The Balaban J connectivity index is 1.30. The van der Waals surface area contributed by atoms with Crippen LogP contribution in [0.2, 0.25) is 0 Å². The molecular weight excluding hydrogens is 596 g/mol. The number of nitriles is 1. The summed E-state index contributed by atoms with van der Waals surface area (Å²) in [4.78, 5) is 62.9. The van der Waals surface area contributed by atoms with Crippen molar-refractivity contribution in [2.45, 2.75) is 19.3 Å². The number of carboxylic acid groups (broad SMARTS) is 1. The van der Waals surface area contributed by atoms with Gasteiger partial charge < -0.3 is 29.8 Å². The van der Waals surface area contributed by atoms with E-state index >= 15 is 0 Å². The Morgan fingerprint density at radius 1 is 1.11 bits per heavy atom. The molecule has 15 heteroatoms. The summed E-state index contributed by atoms with van der Waals surface area (Å²) < 4.78 is 11.9. The molecule has 0 unspecified atom stereocenters. The number of hydrogen-bond acceptors (Lipinski definition) is 10. The third-order valence-electron chi connectivity index (χ3n) is 7.40. The van der Waals surface area contributed by atoms with Crippen molar-refractivity contribution in [2.24, 2.45) is 0 Å². The zero-order chi connectivity index (χ0) is 32.6. The van der Waals surface area contributed by atoms with Crippen molar-refractivity contribution >= 4 is 40.0 Å². The highest BCUT2D eigenvalue weighted by Crippen LogP contribution is 2.32. The van der Waals surface area contributed by atoms with Gasteiger partial charge >= 0.3 is 5.97 Å². The number of allylic oxidation sites excluding steroid dienone is 1. The van der Waals surface area contributed by atoms with Crippen molar-refractivity contribution < 1.29 is 33.8 Å². The van der Waals surface area contributed by atoms with Crippen LogP contribution in [0.15, 0.2) is 54.6 Å². The van der Waals surface area contributed by atoms with Gasteiger partial charge in [-0.1, -0.05) is 30.3 Å².